The third kappa shape index (κ3) is 4.29. The predicted molar refractivity (Wildman–Crippen MR) is 101 cm³/mol. The maximum atomic E-state index is 12.5. The van der Waals surface area contributed by atoms with Gasteiger partial charge in [-0.1, -0.05) is 24.3 Å². The van der Waals surface area contributed by atoms with Gasteiger partial charge >= 0.3 is 0 Å². The molecule has 3 rings (SSSR count). The van der Waals surface area contributed by atoms with Crippen LogP contribution in [0.2, 0.25) is 0 Å². The molecule has 1 aliphatic heterocycles. The number of anilines is 2. The van der Waals surface area contributed by atoms with E-state index in [1.165, 1.54) is 6.26 Å². The Bertz CT molecular complexity index is 936. The lowest BCUT2D eigenvalue weighted by molar-refractivity contribution is -0.117. The average molecular weight is 372 g/mol. The zero-order valence-electron chi connectivity index (χ0n) is 14.4. The van der Waals surface area contributed by atoms with Crippen LogP contribution < -0.4 is 10.2 Å². The van der Waals surface area contributed by atoms with Crippen LogP contribution in [0, 0.1) is 0 Å². The number of benzene rings is 2. The van der Waals surface area contributed by atoms with E-state index in [2.05, 4.69) is 5.32 Å². The summed E-state index contributed by atoms with van der Waals surface area (Å²) in [5, 5.41) is 2.84. The first-order valence-electron chi connectivity index (χ1n) is 8.31. The van der Waals surface area contributed by atoms with Crippen LogP contribution in [0.5, 0.6) is 0 Å². The summed E-state index contributed by atoms with van der Waals surface area (Å²) in [6.07, 6.45) is 2.50. The third-order valence-electron chi connectivity index (χ3n) is 4.16. The Labute approximate surface area is 152 Å². The van der Waals surface area contributed by atoms with Crippen molar-refractivity contribution in [1.29, 1.82) is 0 Å². The molecular weight excluding hydrogens is 352 g/mol. The summed E-state index contributed by atoms with van der Waals surface area (Å²) in [6, 6.07) is 13.7. The average Bonchev–Trinajstić information content (AvgIpc) is 3.00. The van der Waals surface area contributed by atoms with Crippen molar-refractivity contribution in [3.05, 3.63) is 59.7 Å². The first kappa shape index (κ1) is 18.1. The van der Waals surface area contributed by atoms with Gasteiger partial charge in [0.1, 0.15) is 0 Å². The highest BCUT2D eigenvalue weighted by Crippen LogP contribution is 2.29. The van der Waals surface area contributed by atoms with E-state index in [9.17, 15) is 18.0 Å². The zero-order valence-corrected chi connectivity index (χ0v) is 15.3. The molecule has 26 heavy (non-hydrogen) atoms. The number of hydrogen-bond donors (Lipinski definition) is 1. The maximum Gasteiger partial charge on any atom is 0.255 e. The van der Waals surface area contributed by atoms with Gasteiger partial charge in [-0.3, -0.25) is 9.59 Å². The van der Waals surface area contributed by atoms with E-state index >= 15 is 0 Å². The van der Waals surface area contributed by atoms with Crippen LogP contribution in [0.1, 0.15) is 28.8 Å². The van der Waals surface area contributed by atoms with Crippen LogP contribution in [0.4, 0.5) is 11.4 Å². The molecule has 1 heterocycles. The van der Waals surface area contributed by atoms with E-state index < -0.39 is 9.84 Å². The minimum absolute atomic E-state index is 0.0526. The van der Waals surface area contributed by atoms with Gasteiger partial charge in [0.05, 0.1) is 17.1 Å². The van der Waals surface area contributed by atoms with E-state index in [-0.39, 0.29) is 17.6 Å². The molecule has 0 atom stereocenters. The number of sulfone groups is 1. The summed E-state index contributed by atoms with van der Waals surface area (Å²) in [5.41, 5.74) is 2.32. The topological polar surface area (TPSA) is 83.6 Å². The molecule has 0 aliphatic carbocycles. The molecule has 1 N–H and O–H groups in total. The molecule has 136 valence electrons. The van der Waals surface area contributed by atoms with Crippen molar-refractivity contribution in [2.45, 2.75) is 18.6 Å². The quantitative estimate of drug-likeness (QED) is 0.874. The van der Waals surface area contributed by atoms with Crippen molar-refractivity contribution in [3.8, 4) is 0 Å². The number of carbonyl (C=O) groups excluding carboxylic acids is 2. The normalized spacial score (nSPS) is 14.5. The van der Waals surface area contributed by atoms with Crippen molar-refractivity contribution < 1.29 is 18.0 Å². The van der Waals surface area contributed by atoms with E-state index in [0.717, 1.165) is 6.42 Å². The van der Waals surface area contributed by atoms with Gasteiger partial charge < -0.3 is 10.2 Å². The minimum Gasteiger partial charge on any atom is -0.320 e. The molecule has 0 bridgehead atoms. The molecule has 2 aromatic rings. The van der Waals surface area contributed by atoms with Gasteiger partial charge in [-0.05, 0) is 36.2 Å². The van der Waals surface area contributed by atoms with Gasteiger partial charge in [-0.25, -0.2) is 8.42 Å². The molecule has 1 fully saturated rings. The Hall–Kier alpha value is -2.67. The number of para-hydroxylation sites is 2. The molecule has 7 heteroatoms. The summed E-state index contributed by atoms with van der Waals surface area (Å²) in [6.45, 7) is 0.645. The standard InChI is InChI=1S/C19H20N2O4S/c1-26(24,25)13-14-8-10-15(11-9-14)19(23)20-16-5-2-3-6-17(16)21-12-4-7-18(21)22/h2-3,5-6,8-11H,4,7,12-13H2,1H3,(H,20,23). The van der Waals surface area contributed by atoms with Crippen molar-refractivity contribution in [1.82, 2.24) is 0 Å². The zero-order chi connectivity index (χ0) is 18.7. The molecule has 6 nitrogen and oxygen atoms in total. The second-order valence-electron chi connectivity index (χ2n) is 6.39. The predicted octanol–water partition coefficient (Wildman–Crippen LogP) is 2.61. The molecule has 0 aromatic heterocycles. The molecule has 1 aliphatic rings. The van der Waals surface area contributed by atoms with Crippen LogP contribution in [-0.2, 0) is 20.4 Å². The summed E-state index contributed by atoms with van der Waals surface area (Å²) in [4.78, 5) is 26.2. The smallest absolute Gasteiger partial charge is 0.255 e. The van der Waals surface area contributed by atoms with Gasteiger partial charge in [-0.2, -0.15) is 0 Å². The maximum absolute atomic E-state index is 12.5. The van der Waals surface area contributed by atoms with E-state index in [0.29, 0.717) is 35.5 Å². The molecule has 0 saturated carbocycles. The fraction of sp³-hybridized carbons (Fsp3) is 0.263. The van der Waals surface area contributed by atoms with Crippen LogP contribution in [-0.4, -0.2) is 33.0 Å². The van der Waals surface area contributed by atoms with Crippen molar-refractivity contribution in [2.75, 3.05) is 23.0 Å². The van der Waals surface area contributed by atoms with Gasteiger partial charge in [0, 0.05) is 24.8 Å². The van der Waals surface area contributed by atoms with Crippen LogP contribution in [0.25, 0.3) is 0 Å². The molecule has 0 radical (unpaired) electrons. The second-order valence-corrected chi connectivity index (χ2v) is 8.53. The first-order chi connectivity index (χ1) is 12.3. The Morgan fingerprint density at radius 2 is 1.81 bits per heavy atom. The third-order valence-corrected chi connectivity index (χ3v) is 5.02. The van der Waals surface area contributed by atoms with Gasteiger partial charge in [0.15, 0.2) is 9.84 Å². The lowest BCUT2D eigenvalue weighted by atomic mass is 10.1. The largest absolute Gasteiger partial charge is 0.320 e. The molecule has 2 amide bonds. The number of nitrogens with zero attached hydrogens (tertiary/aromatic N) is 1. The fourth-order valence-corrected chi connectivity index (χ4v) is 3.77. The summed E-state index contributed by atoms with van der Waals surface area (Å²) in [7, 11) is -3.12. The van der Waals surface area contributed by atoms with Crippen molar-refractivity contribution in [2.24, 2.45) is 0 Å². The number of carbonyl (C=O) groups is 2. The monoisotopic (exact) mass is 372 g/mol. The number of amides is 2. The number of hydrogen-bond acceptors (Lipinski definition) is 4. The highest BCUT2D eigenvalue weighted by molar-refractivity contribution is 7.89. The van der Waals surface area contributed by atoms with Gasteiger partial charge in [-0.15, -0.1) is 0 Å². The first-order valence-corrected chi connectivity index (χ1v) is 10.4. The second kappa shape index (κ2) is 7.29. The number of nitrogens with one attached hydrogen (secondary N) is 1. The highest BCUT2D eigenvalue weighted by atomic mass is 32.2. The van der Waals surface area contributed by atoms with Crippen LogP contribution >= 0.6 is 0 Å². The van der Waals surface area contributed by atoms with E-state index in [1.54, 1.807) is 41.3 Å². The van der Waals surface area contributed by atoms with Gasteiger partial charge in [0.25, 0.3) is 5.91 Å². The summed E-state index contributed by atoms with van der Waals surface area (Å²) in [5.74, 6) is -0.318. The minimum atomic E-state index is -3.12. The Kier molecular flexibility index (Phi) is 5.08. The molecule has 2 aromatic carbocycles. The lowest BCUT2D eigenvalue weighted by Gasteiger charge is -2.20. The van der Waals surface area contributed by atoms with Crippen LogP contribution in [0.15, 0.2) is 48.5 Å². The molecule has 0 spiro atoms. The summed E-state index contributed by atoms with van der Waals surface area (Å²) >= 11 is 0. The van der Waals surface area contributed by atoms with Crippen molar-refractivity contribution >= 4 is 33.0 Å². The Morgan fingerprint density at radius 1 is 1.12 bits per heavy atom. The fourth-order valence-electron chi connectivity index (χ4n) is 2.97. The van der Waals surface area contributed by atoms with E-state index in [4.69, 9.17) is 0 Å². The van der Waals surface area contributed by atoms with Gasteiger partial charge in [0.2, 0.25) is 5.91 Å². The number of rotatable bonds is 5. The van der Waals surface area contributed by atoms with Crippen LogP contribution in [0.3, 0.4) is 0 Å². The lowest BCUT2D eigenvalue weighted by Crippen LogP contribution is -2.25. The Balaban J connectivity index is 1.77. The summed E-state index contributed by atoms with van der Waals surface area (Å²) < 4.78 is 22.7. The Morgan fingerprint density at radius 3 is 2.42 bits per heavy atom. The van der Waals surface area contributed by atoms with Crippen molar-refractivity contribution in [3.63, 3.8) is 0 Å². The SMILES string of the molecule is CS(=O)(=O)Cc1ccc(C(=O)Nc2ccccc2N2CCCC2=O)cc1. The molecular formula is C19H20N2O4S. The highest BCUT2D eigenvalue weighted by Gasteiger charge is 2.24. The van der Waals surface area contributed by atoms with E-state index in [1.807, 2.05) is 12.1 Å². The molecule has 1 saturated heterocycles. The molecule has 0 unspecified atom stereocenters.